The fraction of sp³-hybridized carbons (Fsp3) is 1.00. The second-order valence-corrected chi connectivity index (χ2v) is 6.14. The molecule has 0 heterocycles. The van der Waals surface area contributed by atoms with Crippen molar-refractivity contribution in [3.8, 4) is 0 Å². The molecule has 1 N–H and O–H groups in total. The van der Waals surface area contributed by atoms with Crippen LogP contribution in [0.3, 0.4) is 0 Å². The highest BCUT2D eigenvalue weighted by atomic mass is 16.5. The van der Waals surface area contributed by atoms with Crippen molar-refractivity contribution in [1.29, 1.82) is 0 Å². The van der Waals surface area contributed by atoms with Crippen LogP contribution in [0.2, 0.25) is 0 Å². The normalized spacial score (nSPS) is 25.0. The molecule has 0 amide bonds. The number of rotatable bonds is 8. The molecule has 0 aromatic rings. The number of ether oxygens (including phenoxy) is 1. The molecule has 2 fully saturated rings. The fourth-order valence-electron chi connectivity index (χ4n) is 3.51. The molecular weight excluding hydrogens is 222 g/mol. The zero-order valence-corrected chi connectivity index (χ0v) is 12.3. The summed E-state index contributed by atoms with van der Waals surface area (Å²) in [5.74, 6) is 1.71. The molecule has 0 saturated heterocycles. The maximum absolute atomic E-state index is 6.18. The fourth-order valence-corrected chi connectivity index (χ4v) is 3.51. The van der Waals surface area contributed by atoms with Crippen molar-refractivity contribution >= 4 is 0 Å². The molecule has 2 nitrogen and oxygen atoms in total. The van der Waals surface area contributed by atoms with E-state index >= 15 is 0 Å². The Morgan fingerprint density at radius 2 is 1.72 bits per heavy atom. The Morgan fingerprint density at radius 3 is 2.28 bits per heavy atom. The SMILES string of the molecule is CCCNC(C1CC1)C(OCC)C1CCCCC1. The lowest BCUT2D eigenvalue weighted by Crippen LogP contribution is -2.47. The number of hydrogen-bond donors (Lipinski definition) is 1. The first kappa shape index (κ1) is 14.3. The first-order valence-electron chi connectivity index (χ1n) is 8.21. The van der Waals surface area contributed by atoms with Crippen LogP contribution in [0.1, 0.15) is 65.2 Å². The Morgan fingerprint density at radius 1 is 1.00 bits per heavy atom. The van der Waals surface area contributed by atoms with E-state index in [1.54, 1.807) is 0 Å². The summed E-state index contributed by atoms with van der Waals surface area (Å²) in [5, 5.41) is 3.79. The predicted octanol–water partition coefficient (Wildman–Crippen LogP) is 3.75. The van der Waals surface area contributed by atoms with Crippen LogP contribution in [-0.2, 0) is 4.74 Å². The van der Waals surface area contributed by atoms with E-state index in [2.05, 4.69) is 19.2 Å². The number of nitrogens with one attached hydrogen (secondary N) is 1. The third-order valence-electron chi connectivity index (χ3n) is 4.59. The van der Waals surface area contributed by atoms with E-state index in [-0.39, 0.29) is 0 Å². The molecule has 0 spiro atoms. The largest absolute Gasteiger partial charge is 0.377 e. The molecule has 0 aliphatic heterocycles. The minimum absolute atomic E-state index is 0.481. The van der Waals surface area contributed by atoms with E-state index in [0.717, 1.165) is 25.0 Å². The molecule has 2 saturated carbocycles. The van der Waals surface area contributed by atoms with Gasteiger partial charge in [0.1, 0.15) is 0 Å². The number of hydrogen-bond acceptors (Lipinski definition) is 2. The molecule has 2 heteroatoms. The monoisotopic (exact) mass is 253 g/mol. The minimum Gasteiger partial charge on any atom is -0.377 e. The summed E-state index contributed by atoms with van der Waals surface area (Å²) in [5.41, 5.74) is 0. The van der Waals surface area contributed by atoms with Crippen molar-refractivity contribution in [2.24, 2.45) is 11.8 Å². The Kier molecular flexibility index (Phi) is 5.97. The van der Waals surface area contributed by atoms with Crippen LogP contribution in [0.25, 0.3) is 0 Å². The maximum atomic E-state index is 6.18. The van der Waals surface area contributed by atoms with Gasteiger partial charge in [0.2, 0.25) is 0 Å². The average molecular weight is 253 g/mol. The molecule has 0 aromatic carbocycles. The van der Waals surface area contributed by atoms with Crippen LogP contribution < -0.4 is 5.32 Å². The molecule has 2 unspecified atom stereocenters. The van der Waals surface area contributed by atoms with Crippen molar-refractivity contribution in [3.05, 3.63) is 0 Å². The molecular formula is C16H31NO. The smallest absolute Gasteiger partial charge is 0.0758 e. The van der Waals surface area contributed by atoms with Gasteiger partial charge in [0.25, 0.3) is 0 Å². The van der Waals surface area contributed by atoms with Gasteiger partial charge in [0.05, 0.1) is 6.10 Å². The lowest BCUT2D eigenvalue weighted by molar-refractivity contribution is -0.0224. The van der Waals surface area contributed by atoms with Crippen LogP contribution >= 0.6 is 0 Å². The van der Waals surface area contributed by atoms with Crippen LogP contribution in [0.4, 0.5) is 0 Å². The van der Waals surface area contributed by atoms with Gasteiger partial charge in [0.15, 0.2) is 0 Å². The first-order valence-corrected chi connectivity index (χ1v) is 8.21. The van der Waals surface area contributed by atoms with Gasteiger partial charge in [-0.2, -0.15) is 0 Å². The van der Waals surface area contributed by atoms with Crippen molar-refractivity contribution in [2.45, 2.75) is 77.4 Å². The van der Waals surface area contributed by atoms with Crippen molar-refractivity contribution < 1.29 is 4.74 Å². The van der Waals surface area contributed by atoms with Gasteiger partial charge < -0.3 is 10.1 Å². The standard InChI is InChI=1S/C16H31NO/c1-3-12-17-15(13-10-11-13)16(18-4-2)14-8-6-5-7-9-14/h13-17H,3-12H2,1-2H3. The zero-order valence-electron chi connectivity index (χ0n) is 12.3. The highest BCUT2D eigenvalue weighted by Crippen LogP contribution is 2.39. The summed E-state index contributed by atoms with van der Waals surface area (Å²) in [6, 6.07) is 0.632. The van der Waals surface area contributed by atoms with Crippen LogP contribution in [-0.4, -0.2) is 25.3 Å². The van der Waals surface area contributed by atoms with Crippen LogP contribution in [0.15, 0.2) is 0 Å². The summed E-state index contributed by atoms with van der Waals surface area (Å²) < 4.78 is 6.18. The summed E-state index contributed by atoms with van der Waals surface area (Å²) in [6.07, 6.45) is 11.6. The van der Waals surface area contributed by atoms with Gasteiger partial charge in [-0.1, -0.05) is 26.2 Å². The van der Waals surface area contributed by atoms with Crippen molar-refractivity contribution in [1.82, 2.24) is 5.32 Å². The Labute approximate surface area is 113 Å². The van der Waals surface area contributed by atoms with E-state index in [1.807, 2.05) is 0 Å². The average Bonchev–Trinajstić information content (AvgIpc) is 3.23. The zero-order chi connectivity index (χ0) is 12.8. The molecule has 2 aliphatic carbocycles. The van der Waals surface area contributed by atoms with Gasteiger partial charge in [-0.05, 0) is 57.4 Å². The molecule has 2 atom stereocenters. The third kappa shape index (κ3) is 3.96. The highest BCUT2D eigenvalue weighted by molar-refractivity contribution is 4.94. The summed E-state index contributed by atoms with van der Waals surface area (Å²) in [4.78, 5) is 0. The lowest BCUT2D eigenvalue weighted by Gasteiger charge is -2.36. The summed E-state index contributed by atoms with van der Waals surface area (Å²) >= 11 is 0. The van der Waals surface area contributed by atoms with Crippen LogP contribution in [0.5, 0.6) is 0 Å². The predicted molar refractivity (Wildman–Crippen MR) is 76.8 cm³/mol. The highest BCUT2D eigenvalue weighted by Gasteiger charge is 2.40. The van der Waals surface area contributed by atoms with Gasteiger partial charge in [0, 0.05) is 12.6 Å². The van der Waals surface area contributed by atoms with Gasteiger partial charge >= 0.3 is 0 Å². The Hall–Kier alpha value is -0.0800. The first-order chi connectivity index (χ1) is 8.86. The Balaban J connectivity index is 1.95. The van der Waals surface area contributed by atoms with Gasteiger partial charge in [-0.25, -0.2) is 0 Å². The molecule has 0 aromatic heterocycles. The summed E-state index contributed by atoms with van der Waals surface area (Å²) in [7, 11) is 0. The van der Waals surface area contributed by atoms with Gasteiger partial charge in [-0.3, -0.25) is 0 Å². The van der Waals surface area contributed by atoms with Crippen molar-refractivity contribution in [3.63, 3.8) is 0 Å². The topological polar surface area (TPSA) is 21.3 Å². The van der Waals surface area contributed by atoms with E-state index in [1.165, 1.54) is 51.4 Å². The quantitative estimate of drug-likeness (QED) is 0.711. The second kappa shape index (κ2) is 7.49. The van der Waals surface area contributed by atoms with E-state index in [0.29, 0.717) is 12.1 Å². The maximum Gasteiger partial charge on any atom is 0.0758 e. The molecule has 18 heavy (non-hydrogen) atoms. The Bertz CT molecular complexity index is 221. The molecule has 0 radical (unpaired) electrons. The molecule has 2 rings (SSSR count). The van der Waals surface area contributed by atoms with Crippen molar-refractivity contribution in [2.75, 3.05) is 13.2 Å². The second-order valence-electron chi connectivity index (χ2n) is 6.14. The molecule has 106 valence electrons. The lowest BCUT2D eigenvalue weighted by atomic mass is 9.81. The third-order valence-corrected chi connectivity index (χ3v) is 4.59. The van der Waals surface area contributed by atoms with Crippen LogP contribution in [0, 0.1) is 11.8 Å². The van der Waals surface area contributed by atoms with E-state index < -0.39 is 0 Å². The summed E-state index contributed by atoms with van der Waals surface area (Å²) in [6.45, 7) is 6.43. The van der Waals surface area contributed by atoms with E-state index in [9.17, 15) is 0 Å². The van der Waals surface area contributed by atoms with E-state index in [4.69, 9.17) is 4.74 Å². The molecule has 0 bridgehead atoms. The van der Waals surface area contributed by atoms with Gasteiger partial charge in [-0.15, -0.1) is 0 Å². The molecule has 2 aliphatic rings. The minimum atomic E-state index is 0.481.